The summed E-state index contributed by atoms with van der Waals surface area (Å²) in [5.41, 5.74) is 0. The number of carboxylic acid groups (broad SMARTS) is 1. The van der Waals surface area contributed by atoms with Crippen LogP contribution in [0, 0.1) is 23.7 Å². The molecule has 0 aromatic carbocycles. The van der Waals surface area contributed by atoms with Crippen molar-refractivity contribution in [2.75, 3.05) is 13.2 Å². The molecule has 0 aromatic rings. The van der Waals surface area contributed by atoms with Gasteiger partial charge in [-0.2, -0.15) is 0 Å². The summed E-state index contributed by atoms with van der Waals surface area (Å²) in [5.74, 6) is 0.957. The zero-order valence-electron chi connectivity index (χ0n) is 7.89. The van der Waals surface area contributed by atoms with Crippen molar-refractivity contribution < 1.29 is 19.4 Å². The van der Waals surface area contributed by atoms with Crippen molar-refractivity contribution >= 4 is 5.97 Å². The molecule has 0 spiro atoms. The van der Waals surface area contributed by atoms with Crippen molar-refractivity contribution in [3.63, 3.8) is 0 Å². The maximum Gasteiger partial charge on any atom is 0.303 e. The zero-order valence-corrected chi connectivity index (χ0v) is 7.89. The zero-order chi connectivity index (χ0) is 9.71. The molecule has 1 N–H and O–H groups in total. The summed E-state index contributed by atoms with van der Waals surface area (Å²) in [5, 5.41) is 8.84. The Balaban J connectivity index is 1.82. The molecular weight excluding hydrogens is 184 g/mol. The average molecular weight is 198 g/mol. The van der Waals surface area contributed by atoms with Crippen molar-refractivity contribution in [1.29, 1.82) is 0 Å². The smallest absolute Gasteiger partial charge is 0.303 e. The minimum atomic E-state index is -0.689. The van der Waals surface area contributed by atoms with Crippen LogP contribution in [0.1, 0.15) is 12.8 Å². The third kappa shape index (κ3) is 1.10. The van der Waals surface area contributed by atoms with E-state index >= 15 is 0 Å². The van der Waals surface area contributed by atoms with Gasteiger partial charge in [0.25, 0.3) is 0 Å². The third-order valence-corrected chi connectivity index (χ3v) is 3.97. The minimum absolute atomic E-state index is 0.0324. The Kier molecular flexibility index (Phi) is 1.82. The van der Waals surface area contributed by atoms with E-state index in [9.17, 15) is 4.79 Å². The molecule has 5 atom stereocenters. The van der Waals surface area contributed by atoms with Gasteiger partial charge < -0.3 is 14.6 Å². The molecule has 3 rings (SSSR count). The molecule has 1 aliphatic carbocycles. The molecule has 4 heteroatoms. The van der Waals surface area contributed by atoms with E-state index < -0.39 is 5.97 Å². The van der Waals surface area contributed by atoms with E-state index in [0.29, 0.717) is 31.0 Å². The Labute approximate surface area is 82.2 Å². The Morgan fingerprint density at radius 3 is 2.86 bits per heavy atom. The molecule has 0 aromatic heterocycles. The maximum absolute atomic E-state index is 10.7. The number of hydrogen-bond donors (Lipinski definition) is 1. The number of fused-ring (bicyclic) bond motifs is 1. The highest BCUT2D eigenvalue weighted by Gasteiger charge is 2.54. The lowest BCUT2D eigenvalue weighted by molar-refractivity contribution is -0.166. The van der Waals surface area contributed by atoms with E-state index in [1.165, 1.54) is 0 Å². The van der Waals surface area contributed by atoms with Crippen molar-refractivity contribution in [3.05, 3.63) is 0 Å². The number of aliphatic carboxylic acids is 1. The number of hydrogen-bond acceptors (Lipinski definition) is 3. The topological polar surface area (TPSA) is 55.8 Å². The second kappa shape index (κ2) is 2.94. The summed E-state index contributed by atoms with van der Waals surface area (Å²) in [6.07, 6.45) is 1.36. The first kappa shape index (κ1) is 8.68. The molecule has 2 saturated heterocycles. The fourth-order valence-electron chi connectivity index (χ4n) is 3.36. The lowest BCUT2D eigenvalue weighted by atomic mass is 9.87. The molecule has 4 nitrogen and oxygen atoms in total. The quantitative estimate of drug-likeness (QED) is 0.710. The summed E-state index contributed by atoms with van der Waals surface area (Å²) in [6.45, 7) is 1.39. The number of carbonyl (C=O) groups is 1. The summed E-state index contributed by atoms with van der Waals surface area (Å²) in [6, 6.07) is 0. The Hall–Kier alpha value is -0.610. The van der Waals surface area contributed by atoms with E-state index in [4.69, 9.17) is 14.6 Å². The van der Waals surface area contributed by atoms with E-state index in [-0.39, 0.29) is 18.6 Å². The highest BCUT2D eigenvalue weighted by Crippen LogP contribution is 2.52. The van der Waals surface area contributed by atoms with Crippen molar-refractivity contribution in [2.45, 2.75) is 19.1 Å². The van der Waals surface area contributed by atoms with Crippen LogP contribution in [0.3, 0.4) is 0 Å². The Morgan fingerprint density at radius 2 is 2.07 bits per heavy atom. The van der Waals surface area contributed by atoms with Crippen LogP contribution in [-0.2, 0) is 14.3 Å². The van der Waals surface area contributed by atoms with Gasteiger partial charge in [0.05, 0.1) is 13.2 Å². The fourth-order valence-corrected chi connectivity index (χ4v) is 3.36. The summed E-state index contributed by atoms with van der Waals surface area (Å²) in [4.78, 5) is 10.7. The summed E-state index contributed by atoms with van der Waals surface area (Å²) < 4.78 is 11.1. The van der Waals surface area contributed by atoms with Gasteiger partial charge in [-0.05, 0) is 24.2 Å². The van der Waals surface area contributed by atoms with Gasteiger partial charge in [-0.1, -0.05) is 0 Å². The molecule has 0 amide bonds. The lowest BCUT2D eigenvalue weighted by Gasteiger charge is -2.27. The minimum Gasteiger partial charge on any atom is -0.481 e. The fraction of sp³-hybridized carbons (Fsp3) is 0.900. The second-order valence-electron chi connectivity index (χ2n) is 4.62. The summed E-state index contributed by atoms with van der Waals surface area (Å²) >= 11 is 0. The van der Waals surface area contributed by atoms with Crippen molar-refractivity contribution in [3.8, 4) is 0 Å². The van der Waals surface area contributed by atoms with Crippen molar-refractivity contribution in [2.24, 2.45) is 23.7 Å². The molecular formula is C10H14O4. The first-order valence-corrected chi connectivity index (χ1v) is 5.20. The summed E-state index contributed by atoms with van der Waals surface area (Å²) in [7, 11) is 0. The van der Waals surface area contributed by atoms with Gasteiger partial charge in [0.15, 0.2) is 6.29 Å². The second-order valence-corrected chi connectivity index (χ2v) is 4.62. The van der Waals surface area contributed by atoms with Gasteiger partial charge in [-0.25, -0.2) is 0 Å². The predicted molar refractivity (Wildman–Crippen MR) is 46.5 cm³/mol. The molecule has 2 aliphatic heterocycles. The molecule has 2 unspecified atom stereocenters. The SMILES string of the molecule is O=C(O)C[C@H]1C2CO[C@H]3OC[C@@H]1C3C2. The molecule has 78 valence electrons. The Bertz CT molecular complexity index is 265. The average Bonchev–Trinajstić information content (AvgIpc) is 2.63. The van der Waals surface area contributed by atoms with E-state index in [1.807, 2.05) is 0 Å². The number of carboxylic acids is 1. The molecule has 1 saturated carbocycles. The third-order valence-electron chi connectivity index (χ3n) is 3.97. The van der Waals surface area contributed by atoms with Crippen LogP contribution in [0.2, 0.25) is 0 Å². The van der Waals surface area contributed by atoms with Crippen LogP contribution in [-0.4, -0.2) is 30.6 Å². The first-order valence-electron chi connectivity index (χ1n) is 5.20. The van der Waals surface area contributed by atoms with Crippen LogP contribution < -0.4 is 0 Å². The molecule has 14 heavy (non-hydrogen) atoms. The van der Waals surface area contributed by atoms with Gasteiger partial charge >= 0.3 is 5.97 Å². The molecule has 2 bridgehead atoms. The monoisotopic (exact) mass is 198 g/mol. The predicted octanol–water partition coefficient (Wildman–Crippen LogP) is 0.716. The number of rotatable bonds is 2. The largest absolute Gasteiger partial charge is 0.481 e. The highest BCUT2D eigenvalue weighted by atomic mass is 16.7. The lowest BCUT2D eigenvalue weighted by Crippen LogP contribution is -2.29. The van der Waals surface area contributed by atoms with Gasteiger partial charge in [-0.15, -0.1) is 0 Å². The molecule has 3 fully saturated rings. The van der Waals surface area contributed by atoms with E-state index in [2.05, 4.69) is 0 Å². The van der Waals surface area contributed by atoms with Crippen LogP contribution in [0.15, 0.2) is 0 Å². The van der Waals surface area contributed by atoms with Crippen molar-refractivity contribution in [1.82, 2.24) is 0 Å². The standard InChI is InChI=1S/C10H14O4/c11-9(12)2-6-5-1-7-8(6)4-14-10(7)13-3-5/h5-8,10H,1-4H2,(H,11,12)/t5?,6-,7?,8-,10-/m0/s1. The Morgan fingerprint density at radius 1 is 1.29 bits per heavy atom. The molecule has 0 radical (unpaired) electrons. The van der Waals surface area contributed by atoms with Gasteiger partial charge in [0.2, 0.25) is 0 Å². The first-order chi connectivity index (χ1) is 6.75. The van der Waals surface area contributed by atoms with E-state index in [0.717, 1.165) is 6.42 Å². The highest BCUT2D eigenvalue weighted by molar-refractivity contribution is 5.67. The van der Waals surface area contributed by atoms with Gasteiger partial charge in [0, 0.05) is 12.3 Å². The van der Waals surface area contributed by atoms with Gasteiger partial charge in [0.1, 0.15) is 0 Å². The maximum atomic E-state index is 10.7. The molecule has 2 heterocycles. The van der Waals surface area contributed by atoms with Gasteiger partial charge in [-0.3, -0.25) is 4.79 Å². The van der Waals surface area contributed by atoms with Crippen LogP contribution in [0.4, 0.5) is 0 Å². The number of ether oxygens (including phenoxy) is 2. The van der Waals surface area contributed by atoms with Crippen LogP contribution >= 0.6 is 0 Å². The normalized spacial score (nSPS) is 49.6. The van der Waals surface area contributed by atoms with Crippen LogP contribution in [0.5, 0.6) is 0 Å². The van der Waals surface area contributed by atoms with E-state index in [1.54, 1.807) is 0 Å². The molecule has 3 aliphatic rings. The van der Waals surface area contributed by atoms with Crippen LogP contribution in [0.25, 0.3) is 0 Å².